The fraction of sp³-hybridized carbons (Fsp3) is 0.615. The third-order valence-corrected chi connectivity index (χ3v) is 5.10. The third kappa shape index (κ3) is 3.99. The summed E-state index contributed by atoms with van der Waals surface area (Å²) >= 11 is 0. The van der Waals surface area contributed by atoms with Crippen molar-refractivity contribution >= 4 is 10.0 Å². The number of aromatic nitrogens is 1. The molecular formula is C13H22N4O2S. The minimum atomic E-state index is -3.09. The number of sulfonamides is 1. The molecule has 112 valence electrons. The number of pyridine rings is 1. The molecule has 0 amide bonds. The molecule has 1 fully saturated rings. The van der Waals surface area contributed by atoms with Gasteiger partial charge in [-0.25, -0.2) is 12.7 Å². The van der Waals surface area contributed by atoms with Gasteiger partial charge >= 0.3 is 0 Å². The largest absolute Gasteiger partial charge is 0.271 e. The fourth-order valence-electron chi connectivity index (χ4n) is 2.75. The highest BCUT2D eigenvalue weighted by atomic mass is 32.2. The predicted molar refractivity (Wildman–Crippen MR) is 78.1 cm³/mol. The van der Waals surface area contributed by atoms with Crippen molar-refractivity contribution in [1.82, 2.24) is 14.7 Å². The van der Waals surface area contributed by atoms with E-state index in [9.17, 15) is 8.42 Å². The second-order valence-electron chi connectivity index (χ2n) is 5.36. The van der Waals surface area contributed by atoms with E-state index in [0.29, 0.717) is 19.0 Å². The summed E-state index contributed by atoms with van der Waals surface area (Å²) in [4.78, 5) is 4.00. The number of piperidine rings is 1. The van der Waals surface area contributed by atoms with E-state index in [2.05, 4.69) is 10.4 Å². The number of nitrogens with one attached hydrogen (secondary N) is 1. The molecule has 1 aliphatic rings. The second kappa shape index (κ2) is 6.62. The first-order chi connectivity index (χ1) is 9.50. The van der Waals surface area contributed by atoms with Gasteiger partial charge in [0.15, 0.2) is 0 Å². The Morgan fingerprint density at radius 3 is 2.80 bits per heavy atom. The molecule has 1 aromatic rings. The molecule has 0 spiro atoms. The molecule has 2 atom stereocenters. The van der Waals surface area contributed by atoms with Crippen LogP contribution in [0.5, 0.6) is 0 Å². The van der Waals surface area contributed by atoms with Gasteiger partial charge < -0.3 is 0 Å². The fourth-order valence-corrected chi connectivity index (χ4v) is 3.69. The molecule has 2 rings (SSSR count). The van der Waals surface area contributed by atoms with Crippen LogP contribution in [0.3, 0.4) is 0 Å². The first-order valence-electron chi connectivity index (χ1n) is 6.82. The highest BCUT2D eigenvalue weighted by molar-refractivity contribution is 7.88. The van der Waals surface area contributed by atoms with Crippen LogP contribution in [0.1, 0.15) is 30.9 Å². The quantitative estimate of drug-likeness (QED) is 0.615. The van der Waals surface area contributed by atoms with Gasteiger partial charge in [0.25, 0.3) is 0 Å². The normalized spacial score (nSPS) is 22.6. The Morgan fingerprint density at radius 1 is 1.50 bits per heavy atom. The van der Waals surface area contributed by atoms with Gasteiger partial charge in [-0.3, -0.25) is 16.3 Å². The lowest BCUT2D eigenvalue weighted by Crippen LogP contribution is -2.41. The highest BCUT2D eigenvalue weighted by Gasteiger charge is 2.27. The van der Waals surface area contributed by atoms with Crippen molar-refractivity contribution in [2.45, 2.75) is 25.3 Å². The standard InChI is InChI=1S/C13H22N4O2S/c1-20(18,19)17-8-2-3-11(10-17)9-13(16-14)12-4-6-15-7-5-12/h4-7,11,13,16H,2-3,8-10,14H2,1H3. The molecule has 1 aromatic heterocycles. The predicted octanol–water partition coefficient (Wildman–Crippen LogP) is 0.648. The molecule has 6 nitrogen and oxygen atoms in total. The van der Waals surface area contributed by atoms with Crippen molar-refractivity contribution in [3.63, 3.8) is 0 Å². The zero-order valence-corrected chi connectivity index (χ0v) is 12.5. The molecule has 0 aliphatic carbocycles. The maximum Gasteiger partial charge on any atom is 0.211 e. The van der Waals surface area contributed by atoms with E-state index >= 15 is 0 Å². The third-order valence-electron chi connectivity index (χ3n) is 3.83. The van der Waals surface area contributed by atoms with Crippen molar-refractivity contribution in [2.24, 2.45) is 11.8 Å². The zero-order chi connectivity index (χ0) is 14.6. The van der Waals surface area contributed by atoms with E-state index in [1.807, 2.05) is 12.1 Å². The Kier molecular flexibility index (Phi) is 5.09. The molecule has 1 saturated heterocycles. The minimum Gasteiger partial charge on any atom is -0.271 e. The molecule has 2 heterocycles. The Bertz CT molecular complexity index is 520. The Labute approximate surface area is 120 Å². The van der Waals surface area contributed by atoms with E-state index < -0.39 is 10.0 Å². The number of hydrogen-bond donors (Lipinski definition) is 2. The number of nitrogens with two attached hydrogens (primary N) is 1. The molecule has 0 radical (unpaired) electrons. The Morgan fingerprint density at radius 2 is 2.20 bits per heavy atom. The molecule has 7 heteroatoms. The van der Waals surface area contributed by atoms with Crippen LogP contribution >= 0.6 is 0 Å². The van der Waals surface area contributed by atoms with Gasteiger partial charge in [-0.15, -0.1) is 0 Å². The van der Waals surface area contributed by atoms with Crippen LogP contribution in [0, 0.1) is 5.92 Å². The molecule has 3 N–H and O–H groups in total. The molecule has 2 unspecified atom stereocenters. The molecule has 1 aliphatic heterocycles. The summed E-state index contributed by atoms with van der Waals surface area (Å²) < 4.78 is 24.8. The Hall–Kier alpha value is -1.02. The number of hydrazine groups is 1. The van der Waals surface area contributed by atoms with Gasteiger partial charge in [-0.1, -0.05) is 0 Å². The highest BCUT2D eigenvalue weighted by Crippen LogP contribution is 2.27. The second-order valence-corrected chi connectivity index (χ2v) is 7.35. The number of rotatable bonds is 5. The summed E-state index contributed by atoms with van der Waals surface area (Å²) in [6.07, 6.45) is 7.52. The summed E-state index contributed by atoms with van der Waals surface area (Å²) in [7, 11) is -3.09. The topological polar surface area (TPSA) is 88.3 Å². The van der Waals surface area contributed by atoms with Gasteiger partial charge in [0.05, 0.1) is 6.26 Å². The van der Waals surface area contributed by atoms with E-state index in [0.717, 1.165) is 24.8 Å². The van der Waals surface area contributed by atoms with Gasteiger partial charge in [0.1, 0.15) is 0 Å². The van der Waals surface area contributed by atoms with Gasteiger partial charge in [0.2, 0.25) is 10.0 Å². The van der Waals surface area contributed by atoms with Crippen molar-refractivity contribution in [1.29, 1.82) is 0 Å². The van der Waals surface area contributed by atoms with Crippen molar-refractivity contribution < 1.29 is 8.42 Å². The molecular weight excluding hydrogens is 276 g/mol. The number of hydrogen-bond acceptors (Lipinski definition) is 5. The van der Waals surface area contributed by atoms with Crippen LogP contribution in [-0.4, -0.2) is 37.1 Å². The van der Waals surface area contributed by atoms with Gasteiger partial charge in [-0.05, 0) is 42.9 Å². The zero-order valence-electron chi connectivity index (χ0n) is 11.7. The smallest absolute Gasteiger partial charge is 0.211 e. The minimum absolute atomic E-state index is 0.0301. The molecule has 0 saturated carbocycles. The summed E-state index contributed by atoms with van der Waals surface area (Å²) in [5.41, 5.74) is 3.91. The van der Waals surface area contributed by atoms with Crippen LogP contribution < -0.4 is 11.3 Å². The van der Waals surface area contributed by atoms with Crippen molar-refractivity contribution in [2.75, 3.05) is 19.3 Å². The van der Waals surface area contributed by atoms with Gasteiger partial charge in [-0.2, -0.15) is 0 Å². The number of nitrogens with zero attached hydrogens (tertiary/aromatic N) is 2. The average molecular weight is 298 g/mol. The summed E-state index contributed by atoms with van der Waals surface area (Å²) in [6, 6.07) is 3.89. The monoisotopic (exact) mass is 298 g/mol. The van der Waals surface area contributed by atoms with Crippen LogP contribution in [0.2, 0.25) is 0 Å². The van der Waals surface area contributed by atoms with Gasteiger partial charge in [0, 0.05) is 31.5 Å². The van der Waals surface area contributed by atoms with E-state index in [-0.39, 0.29) is 6.04 Å². The first-order valence-corrected chi connectivity index (χ1v) is 8.66. The molecule has 0 aromatic carbocycles. The Balaban J connectivity index is 2.01. The molecule has 20 heavy (non-hydrogen) atoms. The van der Waals surface area contributed by atoms with Crippen molar-refractivity contribution in [3.8, 4) is 0 Å². The van der Waals surface area contributed by atoms with Crippen LogP contribution in [0.25, 0.3) is 0 Å². The summed E-state index contributed by atoms with van der Waals surface area (Å²) in [6.45, 7) is 1.22. The van der Waals surface area contributed by atoms with Crippen LogP contribution in [0.4, 0.5) is 0 Å². The molecule has 0 bridgehead atoms. The van der Waals surface area contributed by atoms with E-state index in [4.69, 9.17) is 5.84 Å². The SMILES string of the molecule is CS(=O)(=O)N1CCCC(CC(NN)c2ccncc2)C1. The van der Waals surface area contributed by atoms with Crippen molar-refractivity contribution in [3.05, 3.63) is 30.1 Å². The first kappa shape index (κ1) is 15.4. The lowest BCUT2D eigenvalue weighted by atomic mass is 9.90. The van der Waals surface area contributed by atoms with Crippen LogP contribution in [-0.2, 0) is 10.0 Å². The van der Waals surface area contributed by atoms with E-state index in [1.54, 1.807) is 16.7 Å². The van der Waals surface area contributed by atoms with E-state index in [1.165, 1.54) is 6.26 Å². The average Bonchev–Trinajstić information content (AvgIpc) is 2.45. The summed E-state index contributed by atoms with van der Waals surface area (Å²) in [5, 5.41) is 0. The maximum absolute atomic E-state index is 11.6. The summed E-state index contributed by atoms with van der Waals surface area (Å²) in [5.74, 6) is 5.97. The van der Waals surface area contributed by atoms with Crippen LogP contribution in [0.15, 0.2) is 24.5 Å². The lowest BCUT2D eigenvalue weighted by molar-refractivity contribution is 0.238. The maximum atomic E-state index is 11.6. The lowest BCUT2D eigenvalue weighted by Gasteiger charge is -2.32.